The molecule has 1 fully saturated rings. The highest BCUT2D eigenvalue weighted by Gasteiger charge is 2.22. The summed E-state index contributed by atoms with van der Waals surface area (Å²) in [6.45, 7) is 4.07. The molecule has 0 aliphatic carbocycles. The molecule has 2 amide bonds. The monoisotopic (exact) mass is 294 g/mol. The molecule has 21 heavy (non-hydrogen) atoms. The lowest BCUT2D eigenvalue weighted by Gasteiger charge is -2.20. The zero-order chi connectivity index (χ0) is 15.2. The number of hydrogen-bond acceptors (Lipinski definition) is 5. The maximum absolute atomic E-state index is 12.4. The van der Waals surface area contributed by atoms with Crippen LogP contribution < -0.4 is 11.5 Å². The molecule has 1 aliphatic heterocycles. The van der Waals surface area contributed by atoms with Crippen molar-refractivity contribution in [3.05, 3.63) is 18.2 Å². The van der Waals surface area contributed by atoms with Gasteiger partial charge in [0.25, 0.3) is 5.91 Å². The van der Waals surface area contributed by atoms with Crippen LogP contribution in [0.3, 0.4) is 0 Å². The number of primary amides is 1. The van der Waals surface area contributed by atoms with Crippen molar-refractivity contribution in [1.82, 2.24) is 19.4 Å². The van der Waals surface area contributed by atoms with Crippen LogP contribution in [0.2, 0.25) is 0 Å². The van der Waals surface area contributed by atoms with Gasteiger partial charge in [0.1, 0.15) is 5.69 Å². The molecular weight excluding hydrogens is 272 g/mol. The number of nitrogens with two attached hydrogens (primary N) is 2. The fraction of sp³-hybridized carbons (Fsp3) is 0.615. The number of carbonyl (C=O) groups excluding carboxylic acids is 2. The van der Waals surface area contributed by atoms with Crippen molar-refractivity contribution in [2.24, 2.45) is 11.5 Å². The summed E-state index contributed by atoms with van der Waals surface area (Å²) in [6.07, 6.45) is 4.17. The van der Waals surface area contributed by atoms with Gasteiger partial charge in [0.05, 0.1) is 12.9 Å². The first-order chi connectivity index (χ1) is 10.1. The minimum atomic E-state index is -0.338. The molecule has 1 aromatic heterocycles. The lowest BCUT2D eigenvalue weighted by atomic mass is 10.3. The van der Waals surface area contributed by atoms with Crippen LogP contribution in [0.25, 0.3) is 0 Å². The van der Waals surface area contributed by atoms with E-state index in [4.69, 9.17) is 11.5 Å². The number of aromatic nitrogens is 2. The fourth-order valence-electron chi connectivity index (χ4n) is 2.46. The normalized spacial score (nSPS) is 16.7. The molecule has 0 saturated carbocycles. The third kappa shape index (κ3) is 4.27. The van der Waals surface area contributed by atoms with Crippen molar-refractivity contribution in [2.45, 2.75) is 13.0 Å². The molecule has 0 atom stereocenters. The van der Waals surface area contributed by atoms with Crippen molar-refractivity contribution in [1.29, 1.82) is 0 Å². The maximum Gasteiger partial charge on any atom is 0.274 e. The molecule has 0 aromatic carbocycles. The second-order valence-electron chi connectivity index (χ2n) is 5.17. The molecule has 8 heteroatoms. The van der Waals surface area contributed by atoms with Crippen LogP contribution in [0.15, 0.2) is 12.5 Å². The van der Waals surface area contributed by atoms with Gasteiger partial charge in [0.2, 0.25) is 5.91 Å². The minimum absolute atomic E-state index is 0.0771. The Labute approximate surface area is 123 Å². The molecule has 2 heterocycles. The van der Waals surface area contributed by atoms with Crippen molar-refractivity contribution >= 4 is 11.8 Å². The van der Waals surface area contributed by atoms with Gasteiger partial charge in [-0.05, 0) is 6.42 Å². The van der Waals surface area contributed by atoms with Gasteiger partial charge in [-0.1, -0.05) is 0 Å². The third-order valence-electron chi connectivity index (χ3n) is 3.49. The van der Waals surface area contributed by atoms with Gasteiger partial charge in [-0.15, -0.1) is 0 Å². The Bertz CT molecular complexity index is 501. The average Bonchev–Trinajstić information content (AvgIpc) is 2.78. The van der Waals surface area contributed by atoms with Crippen molar-refractivity contribution in [3.63, 3.8) is 0 Å². The van der Waals surface area contributed by atoms with E-state index in [0.717, 1.165) is 13.0 Å². The first-order valence-corrected chi connectivity index (χ1v) is 7.12. The predicted molar refractivity (Wildman–Crippen MR) is 77.4 cm³/mol. The van der Waals surface area contributed by atoms with E-state index < -0.39 is 0 Å². The van der Waals surface area contributed by atoms with Crippen LogP contribution in [0, 0.1) is 0 Å². The van der Waals surface area contributed by atoms with E-state index in [9.17, 15) is 9.59 Å². The predicted octanol–water partition coefficient (Wildman–Crippen LogP) is -1.52. The Balaban J connectivity index is 1.94. The molecule has 116 valence electrons. The molecule has 1 aromatic rings. The Kier molecular flexibility index (Phi) is 5.29. The third-order valence-corrected chi connectivity index (χ3v) is 3.49. The molecule has 1 aliphatic rings. The van der Waals surface area contributed by atoms with Crippen LogP contribution >= 0.6 is 0 Å². The summed E-state index contributed by atoms with van der Waals surface area (Å²) in [5, 5.41) is 0. The smallest absolute Gasteiger partial charge is 0.274 e. The van der Waals surface area contributed by atoms with Crippen LogP contribution in [-0.4, -0.2) is 70.4 Å². The van der Waals surface area contributed by atoms with Crippen LogP contribution in [0.1, 0.15) is 16.9 Å². The van der Waals surface area contributed by atoms with Gasteiger partial charge in [0.15, 0.2) is 0 Å². The van der Waals surface area contributed by atoms with Gasteiger partial charge in [-0.3, -0.25) is 14.5 Å². The molecule has 0 unspecified atom stereocenters. The number of imidazole rings is 1. The van der Waals surface area contributed by atoms with Gasteiger partial charge in [0, 0.05) is 45.5 Å². The van der Waals surface area contributed by atoms with Gasteiger partial charge in [-0.2, -0.15) is 0 Å². The summed E-state index contributed by atoms with van der Waals surface area (Å²) >= 11 is 0. The lowest BCUT2D eigenvalue weighted by molar-refractivity contribution is -0.119. The fourth-order valence-corrected chi connectivity index (χ4v) is 2.46. The summed E-state index contributed by atoms with van der Waals surface area (Å²) in [7, 11) is 0. The number of amides is 2. The summed E-state index contributed by atoms with van der Waals surface area (Å²) in [5.74, 6) is -0.415. The number of nitrogens with zero attached hydrogens (tertiary/aromatic N) is 4. The number of carbonyl (C=O) groups is 2. The van der Waals surface area contributed by atoms with E-state index in [1.165, 1.54) is 0 Å². The highest BCUT2D eigenvalue weighted by atomic mass is 16.2. The Morgan fingerprint density at radius 3 is 2.76 bits per heavy atom. The summed E-state index contributed by atoms with van der Waals surface area (Å²) in [6, 6.07) is 0. The Morgan fingerprint density at radius 2 is 2.05 bits per heavy atom. The first-order valence-electron chi connectivity index (χ1n) is 7.12. The van der Waals surface area contributed by atoms with Crippen molar-refractivity contribution in [3.8, 4) is 0 Å². The van der Waals surface area contributed by atoms with Gasteiger partial charge >= 0.3 is 0 Å². The quantitative estimate of drug-likeness (QED) is 0.685. The standard InChI is InChI=1S/C13H22N6O2/c14-2-5-18-8-11(16-10-18)13(21)19-4-1-3-17(6-7-19)9-12(15)20/h8,10H,1-7,9,14H2,(H2,15,20). The van der Waals surface area contributed by atoms with Gasteiger partial charge in [-0.25, -0.2) is 4.98 Å². The van der Waals surface area contributed by atoms with E-state index in [0.29, 0.717) is 38.4 Å². The zero-order valence-corrected chi connectivity index (χ0v) is 12.1. The van der Waals surface area contributed by atoms with Crippen LogP contribution in [0.4, 0.5) is 0 Å². The number of hydrogen-bond donors (Lipinski definition) is 2. The second kappa shape index (κ2) is 7.19. The molecule has 1 saturated heterocycles. The van der Waals surface area contributed by atoms with Crippen LogP contribution in [-0.2, 0) is 11.3 Å². The van der Waals surface area contributed by atoms with Crippen molar-refractivity contribution < 1.29 is 9.59 Å². The Hall–Kier alpha value is -1.93. The van der Waals surface area contributed by atoms with Crippen molar-refractivity contribution in [2.75, 3.05) is 39.3 Å². The molecule has 0 spiro atoms. The minimum Gasteiger partial charge on any atom is -0.369 e. The zero-order valence-electron chi connectivity index (χ0n) is 12.1. The highest BCUT2D eigenvalue weighted by Crippen LogP contribution is 2.08. The SMILES string of the molecule is NCCn1cnc(C(=O)N2CCCN(CC(N)=O)CC2)c1. The van der Waals surface area contributed by atoms with E-state index in [1.807, 2.05) is 9.47 Å². The number of rotatable bonds is 5. The van der Waals surface area contributed by atoms with E-state index in [1.54, 1.807) is 17.4 Å². The molecule has 0 radical (unpaired) electrons. The molecule has 2 rings (SSSR count). The van der Waals surface area contributed by atoms with Crippen LogP contribution in [0.5, 0.6) is 0 Å². The van der Waals surface area contributed by atoms with Gasteiger partial charge < -0.3 is 20.9 Å². The summed E-state index contributed by atoms with van der Waals surface area (Å²) < 4.78 is 1.81. The summed E-state index contributed by atoms with van der Waals surface area (Å²) in [5.41, 5.74) is 11.1. The second-order valence-corrected chi connectivity index (χ2v) is 5.17. The molecule has 4 N–H and O–H groups in total. The maximum atomic E-state index is 12.4. The van der Waals surface area contributed by atoms with E-state index in [-0.39, 0.29) is 18.4 Å². The van der Waals surface area contributed by atoms with E-state index in [2.05, 4.69) is 4.98 Å². The van der Waals surface area contributed by atoms with E-state index >= 15 is 0 Å². The average molecular weight is 294 g/mol. The molecular formula is C13H22N6O2. The lowest BCUT2D eigenvalue weighted by Crippen LogP contribution is -2.38. The first kappa shape index (κ1) is 15.5. The molecule has 8 nitrogen and oxygen atoms in total. The molecule has 0 bridgehead atoms. The Morgan fingerprint density at radius 1 is 1.24 bits per heavy atom. The largest absolute Gasteiger partial charge is 0.369 e. The summed E-state index contributed by atoms with van der Waals surface area (Å²) in [4.78, 5) is 31.3. The topological polar surface area (TPSA) is 110 Å². The highest BCUT2D eigenvalue weighted by molar-refractivity contribution is 5.92.